The molecule has 25 heavy (non-hydrogen) atoms. The first kappa shape index (κ1) is 19.5. The Bertz CT molecular complexity index is 880. The Balaban J connectivity index is 2.18. The van der Waals surface area contributed by atoms with E-state index in [-0.39, 0.29) is 15.8 Å². The van der Waals surface area contributed by atoms with Crippen LogP contribution < -0.4 is 9.46 Å². The maximum absolute atomic E-state index is 12.6. The van der Waals surface area contributed by atoms with Gasteiger partial charge in [-0.25, -0.2) is 8.42 Å². The highest BCUT2D eigenvalue weighted by atomic mass is 32.2. The molecule has 0 fully saturated rings. The van der Waals surface area contributed by atoms with E-state index >= 15 is 0 Å². The maximum Gasteiger partial charge on any atom is 0.316 e. The van der Waals surface area contributed by atoms with Gasteiger partial charge in [-0.1, -0.05) is 23.1 Å². The van der Waals surface area contributed by atoms with Crippen LogP contribution in [0.1, 0.15) is 11.1 Å². The van der Waals surface area contributed by atoms with Crippen molar-refractivity contribution in [3.05, 3.63) is 23.3 Å². The van der Waals surface area contributed by atoms with E-state index in [2.05, 4.69) is 19.7 Å². The standard InChI is InChI=1S/C14H17N3O5S3/c1-8-6-11(9(2)5-10(8)21-3)25(19,20)17-13-15-16-14(24-13)23-7-12(18)22-4/h5-6H,7H2,1-4H3,(H,15,17). The fourth-order valence-electron chi connectivity index (χ4n) is 1.93. The Hall–Kier alpha value is -1.85. The van der Waals surface area contributed by atoms with E-state index in [9.17, 15) is 13.2 Å². The van der Waals surface area contributed by atoms with E-state index < -0.39 is 16.0 Å². The number of aryl methyl sites for hydroxylation is 2. The van der Waals surface area contributed by atoms with Crippen LogP contribution in [0.4, 0.5) is 5.13 Å². The Kier molecular flexibility index (Phi) is 6.25. The van der Waals surface area contributed by atoms with Gasteiger partial charge in [0.1, 0.15) is 5.75 Å². The molecule has 0 unspecified atom stereocenters. The summed E-state index contributed by atoms with van der Waals surface area (Å²) in [5, 5.41) is 7.77. The zero-order valence-corrected chi connectivity index (χ0v) is 16.5. The number of rotatable bonds is 7. The van der Waals surface area contributed by atoms with Crippen molar-refractivity contribution in [3.63, 3.8) is 0 Å². The number of aromatic nitrogens is 2. The fraction of sp³-hybridized carbons (Fsp3) is 0.357. The van der Waals surface area contributed by atoms with Crippen molar-refractivity contribution in [2.45, 2.75) is 23.1 Å². The van der Waals surface area contributed by atoms with Crippen LogP contribution in [0.5, 0.6) is 5.75 Å². The minimum atomic E-state index is -3.81. The first-order valence-corrected chi connectivity index (χ1v) is 10.3. The van der Waals surface area contributed by atoms with Crippen LogP contribution >= 0.6 is 23.1 Å². The van der Waals surface area contributed by atoms with Crippen molar-refractivity contribution in [2.75, 3.05) is 24.7 Å². The van der Waals surface area contributed by atoms with Crippen LogP contribution in [0.3, 0.4) is 0 Å². The average Bonchev–Trinajstić information content (AvgIpc) is 3.00. The molecule has 0 aliphatic carbocycles. The van der Waals surface area contributed by atoms with Gasteiger partial charge in [-0.05, 0) is 37.1 Å². The highest BCUT2D eigenvalue weighted by Crippen LogP contribution is 2.30. The summed E-state index contributed by atoms with van der Waals surface area (Å²) in [6, 6.07) is 3.21. The number of nitrogens with zero attached hydrogens (tertiary/aromatic N) is 2. The van der Waals surface area contributed by atoms with Gasteiger partial charge in [0, 0.05) is 0 Å². The van der Waals surface area contributed by atoms with Gasteiger partial charge in [-0.15, -0.1) is 10.2 Å². The van der Waals surface area contributed by atoms with Gasteiger partial charge in [0.15, 0.2) is 4.34 Å². The van der Waals surface area contributed by atoms with E-state index in [1.807, 2.05) is 0 Å². The smallest absolute Gasteiger partial charge is 0.316 e. The predicted octanol–water partition coefficient (Wildman–Crippen LogP) is 2.23. The lowest BCUT2D eigenvalue weighted by molar-refractivity contribution is -0.137. The van der Waals surface area contributed by atoms with E-state index in [4.69, 9.17) is 4.74 Å². The SMILES string of the molecule is COC(=O)CSc1nnc(NS(=O)(=O)c2cc(C)c(OC)cc2C)s1. The van der Waals surface area contributed by atoms with Gasteiger partial charge in [0.05, 0.1) is 24.9 Å². The molecule has 0 aliphatic rings. The molecule has 2 rings (SSSR count). The van der Waals surface area contributed by atoms with Crippen molar-refractivity contribution in [1.29, 1.82) is 0 Å². The van der Waals surface area contributed by atoms with Gasteiger partial charge in [0.25, 0.3) is 10.0 Å². The molecule has 0 atom stereocenters. The number of hydrogen-bond donors (Lipinski definition) is 1. The van der Waals surface area contributed by atoms with Crippen LogP contribution in [-0.2, 0) is 19.6 Å². The lowest BCUT2D eigenvalue weighted by atomic mass is 10.1. The number of nitrogens with one attached hydrogen (secondary N) is 1. The lowest BCUT2D eigenvalue weighted by Gasteiger charge is -2.12. The molecule has 1 heterocycles. The molecule has 2 aromatic rings. The molecule has 0 saturated carbocycles. The third-order valence-electron chi connectivity index (χ3n) is 3.15. The second-order valence-electron chi connectivity index (χ2n) is 4.93. The quantitative estimate of drug-likeness (QED) is 0.554. The van der Waals surface area contributed by atoms with Gasteiger partial charge in [-0.3, -0.25) is 9.52 Å². The largest absolute Gasteiger partial charge is 0.496 e. The Morgan fingerprint density at radius 3 is 2.60 bits per heavy atom. The number of carbonyl (C=O) groups is 1. The molecule has 1 aromatic heterocycles. The van der Waals surface area contributed by atoms with Crippen molar-refractivity contribution < 1.29 is 22.7 Å². The molecule has 8 nitrogen and oxygen atoms in total. The average molecular weight is 404 g/mol. The monoisotopic (exact) mass is 403 g/mol. The van der Waals surface area contributed by atoms with Gasteiger partial charge >= 0.3 is 5.97 Å². The predicted molar refractivity (Wildman–Crippen MR) is 95.9 cm³/mol. The number of anilines is 1. The normalized spacial score (nSPS) is 11.2. The number of methoxy groups -OCH3 is 2. The first-order chi connectivity index (χ1) is 11.8. The molecular formula is C14H17N3O5S3. The summed E-state index contributed by atoms with van der Waals surface area (Å²) >= 11 is 2.17. The molecular weight excluding hydrogens is 386 g/mol. The number of benzene rings is 1. The first-order valence-electron chi connectivity index (χ1n) is 6.98. The maximum atomic E-state index is 12.6. The van der Waals surface area contributed by atoms with Crippen LogP contribution in [0, 0.1) is 13.8 Å². The van der Waals surface area contributed by atoms with Gasteiger partial charge in [-0.2, -0.15) is 0 Å². The summed E-state index contributed by atoms with van der Waals surface area (Å²) in [4.78, 5) is 11.3. The molecule has 0 bridgehead atoms. The summed E-state index contributed by atoms with van der Waals surface area (Å²) in [5.74, 6) is 0.301. The minimum absolute atomic E-state index is 0.0780. The summed E-state index contributed by atoms with van der Waals surface area (Å²) < 4.78 is 37.8. The molecule has 0 aliphatic heterocycles. The van der Waals surface area contributed by atoms with Crippen LogP contribution in [0.25, 0.3) is 0 Å². The zero-order valence-electron chi connectivity index (χ0n) is 14.0. The summed E-state index contributed by atoms with van der Waals surface area (Å²) in [5.41, 5.74) is 1.26. The highest BCUT2D eigenvalue weighted by molar-refractivity contribution is 8.01. The molecule has 0 amide bonds. The number of sulfonamides is 1. The topological polar surface area (TPSA) is 107 Å². The molecule has 1 N–H and O–H groups in total. The molecule has 11 heteroatoms. The molecule has 0 saturated heterocycles. The third-order valence-corrected chi connectivity index (χ3v) is 6.71. The van der Waals surface area contributed by atoms with E-state index in [0.717, 1.165) is 23.1 Å². The fourth-order valence-corrected chi connectivity index (χ4v) is 5.06. The van der Waals surface area contributed by atoms with E-state index in [1.54, 1.807) is 26.0 Å². The van der Waals surface area contributed by atoms with Crippen LogP contribution in [-0.4, -0.2) is 44.6 Å². The number of esters is 1. The number of thioether (sulfide) groups is 1. The molecule has 136 valence electrons. The van der Waals surface area contributed by atoms with E-state index in [1.165, 1.54) is 14.2 Å². The van der Waals surface area contributed by atoms with Gasteiger partial charge in [0.2, 0.25) is 5.13 Å². The second-order valence-corrected chi connectivity index (χ2v) is 8.78. The van der Waals surface area contributed by atoms with Crippen molar-refractivity contribution in [3.8, 4) is 5.75 Å². The van der Waals surface area contributed by atoms with Crippen molar-refractivity contribution >= 4 is 44.2 Å². The Morgan fingerprint density at radius 1 is 1.24 bits per heavy atom. The molecule has 0 radical (unpaired) electrons. The Morgan fingerprint density at radius 2 is 1.96 bits per heavy atom. The zero-order chi connectivity index (χ0) is 18.6. The molecule has 0 spiro atoms. The summed E-state index contributed by atoms with van der Waals surface area (Å²) in [6.45, 7) is 3.46. The summed E-state index contributed by atoms with van der Waals surface area (Å²) in [7, 11) is -0.989. The van der Waals surface area contributed by atoms with Crippen molar-refractivity contribution in [2.24, 2.45) is 0 Å². The number of carbonyl (C=O) groups excluding carboxylic acids is 1. The number of hydrogen-bond acceptors (Lipinski definition) is 9. The Labute approximate surface area is 154 Å². The lowest BCUT2D eigenvalue weighted by Crippen LogP contribution is -2.14. The number of ether oxygens (including phenoxy) is 2. The van der Waals surface area contributed by atoms with Crippen molar-refractivity contribution in [1.82, 2.24) is 10.2 Å². The third kappa shape index (κ3) is 4.83. The second kappa shape index (κ2) is 8.02. The van der Waals surface area contributed by atoms with E-state index in [0.29, 0.717) is 21.2 Å². The van der Waals surface area contributed by atoms with Crippen LogP contribution in [0.2, 0.25) is 0 Å². The van der Waals surface area contributed by atoms with Crippen LogP contribution in [0.15, 0.2) is 21.4 Å². The molecule has 1 aromatic carbocycles. The minimum Gasteiger partial charge on any atom is -0.496 e. The highest BCUT2D eigenvalue weighted by Gasteiger charge is 2.21. The van der Waals surface area contributed by atoms with Gasteiger partial charge < -0.3 is 9.47 Å². The summed E-state index contributed by atoms with van der Waals surface area (Å²) in [6.07, 6.45) is 0.